The molecule has 1 aliphatic rings. The lowest BCUT2D eigenvalue weighted by Crippen LogP contribution is -2.49. The van der Waals surface area contributed by atoms with Crippen LogP contribution < -0.4 is 11.1 Å². The molecular formula is C13H25N3OS2. The van der Waals surface area contributed by atoms with Gasteiger partial charge < -0.3 is 16.0 Å². The zero-order chi connectivity index (χ0) is 14.5. The van der Waals surface area contributed by atoms with Gasteiger partial charge in [0.2, 0.25) is 5.91 Å². The molecule has 1 amide bonds. The number of carbonyl (C=O) groups is 1. The minimum Gasteiger partial charge on any atom is -0.392 e. The second-order valence-corrected chi connectivity index (χ2v) is 7.01. The van der Waals surface area contributed by atoms with Crippen molar-refractivity contribution in [1.29, 1.82) is 0 Å². The van der Waals surface area contributed by atoms with Crippen LogP contribution in [0.15, 0.2) is 0 Å². The monoisotopic (exact) mass is 303 g/mol. The van der Waals surface area contributed by atoms with Crippen molar-refractivity contribution in [2.45, 2.75) is 43.9 Å². The maximum atomic E-state index is 11.6. The number of thiocarbonyl (C=S) groups is 1. The van der Waals surface area contributed by atoms with E-state index in [0.717, 1.165) is 32.5 Å². The molecule has 1 rings (SSSR count). The number of hydrogen-bond donors (Lipinski definition) is 2. The molecule has 0 aromatic rings. The third-order valence-corrected chi connectivity index (χ3v) is 5.54. The molecule has 0 atom stereocenters. The number of thioether (sulfide) groups is 1. The van der Waals surface area contributed by atoms with Crippen molar-refractivity contribution in [2.24, 2.45) is 5.73 Å². The van der Waals surface area contributed by atoms with Crippen LogP contribution in [0, 0.1) is 0 Å². The summed E-state index contributed by atoms with van der Waals surface area (Å²) < 4.78 is -0.0357. The summed E-state index contributed by atoms with van der Waals surface area (Å²) in [4.78, 5) is 14.6. The molecule has 110 valence electrons. The zero-order valence-corrected chi connectivity index (χ0v) is 13.7. The minimum absolute atomic E-state index is 0.0357. The molecule has 0 radical (unpaired) electrons. The molecule has 1 saturated heterocycles. The van der Waals surface area contributed by atoms with Gasteiger partial charge >= 0.3 is 0 Å². The second-order valence-electron chi connectivity index (χ2n) is 5.38. The highest BCUT2D eigenvalue weighted by atomic mass is 32.2. The maximum absolute atomic E-state index is 11.6. The third-order valence-electron chi connectivity index (χ3n) is 3.61. The zero-order valence-electron chi connectivity index (χ0n) is 12.1. The molecule has 0 unspecified atom stereocenters. The van der Waals surface area contributed by atoms with Crippen LogP contribution in [0.4, 0.5) is 0 Å². The summed E-state index contributed by atoms with van der Waals surface area (Å²) in [6.07, 6.45) is 4.60. The van der Waals surface area contributed by atoms with E-state index in [4.69, 9.17) is 18.0 Å². The van der Waals surface area contributed by atoms with Gasteiger partial charge in [0, 0.05) is 19.0 Å². The Kier molecular flexibility index (Phi) is 6.56. The molecule has 0 aromatic heterocycles. The average molecular weight is 303 g/mol. The number of amides is 1. The van der Waals surface area contributed by atoms with Crippen molar-refractivity contribution < 1.29 is 4.79 Å². The SMILES string of the molecule is CSC1(C(N)=S)CCN(CCC(=O)NC(C)C)CC1. The Bertz CT molecular complexity index is 326. The standard InChI is InChI=1S/C13H25N3OS2/c1-10(2)15-11(17)4-7-16-8-5-13(19-3,6-9-16)12(14)18/h10H,4-9H2,1-3H3,(H2,14,18)(H,15,17). The van der Waals surface area contributed by atoms with Gasteiger partial charge in [-0.2, -0.15) is 11.8 Å². The smallest absolute Gasteiger partial charge is 0.221 e. The summed E-state index contributed by atoms with van der Waals surface area (Å²) >= 11 is 6.96. The van der Waals surface area contributed by atoms with E-state index in [1.165, 1.54) is 0 Å². The summed E-state index contributed by atoms with van der Waals surface area (Å²) in [6, 6.07) is 0.215. The van der Waals surface area contributed by atoms with Crippen LogP contribution in [0.25, 0.3) is 0 Å². The van der Waals surface area contributed by atoms with Crippen LogP contribution in [0.1, 0.15) is 33.1 Å². The number of rotatable bonds is 6. The summed E-state index contributed by atoms with van der Waals surface area (Å²) in [7, 11) is 0. The van der Waals surface area contributed by atoms with Gasteiger partial charge in [0.15, 0.2) is 0 Å². The molecule has 4 nitrogen and oxygen atoms in total. The van der Waals surface area contributed by atoms with E-state index in [9.17, 15) is 4.79 Å². The Hall–Kier alpha value is -0.330. The van der Waals surface area contributed by atoms with Crippen molar-refractivity contribution in [3.05, 3.63) is 0 Å². The van der Waals surface area contributed by atoms with E-state index >= 15 is 0 Å². The third kappa shape index (κ3) is 4.93. The molecule has 19 heavy (non-hydrogen) atoms. The Morgan fingerprint density at radius 3 is 2.47 bits per heavy atom. The number of nitrogens with one attached hydrogen (secondary N) is 1. The van der Waals surface area contributed by atoms with E-state index in [2.05, 4.69) is 16.5 Å². The Morgan fingerprint density at radius 2 is 2.05 bits per heavy atom. The van der Waals surface area contributed by atoms with Gasteiger partial charge in [-0.15, -0.1) is 0 Å². The number of nitrogens with zero attached hydrogens (tertiary/aromatic N) is 1. The summed E-state index contributed by atoms with van der Waals surface area (Å²) in [5.41, 5.74) is 5.86. The highest BCUT2D eigenvalue weighted by Gasteiger charge is 2.36. The van der Waals surface area contributed by atoms with E-state index in [1.54, 1.807) is 11.8 Å². The fraction of sp³-hybridized carbons (Fsp3) is 0.846. The van der Waals surface area contributed by atoms with Crippen molar-refractivity contribution in [1.82, 2.24) is 10.2 Å². The molecule has 1 heterocycles. The lowest BCUT2D eigenvalue weighted by Gasteiger charge is -2.40. The molecular weight excluding hydrogens is 278 g/mol. The van der Waals surface area contributed by atoms with Gasteiger partial charge in [0.1, 0.15) is 0 Å². The predicted molar refractivity (Wildman–Crippen MR) is 86.6 cm³/mol. The van der Waals surface area contributed by atoms with Gasteiger partial charge in [-0.1, -0.05) is 12.2 Å². The Morgan fingerprint density at radius 1 is 1.47 bits per heavy atom. The van der Waals surface area contributed by atoms with Gasteiger partial charge in [-0.05, 0) is 46.0 Å². The molecule has 1 fully saturated rings. The van der Waals surface area contributed by atoms with Crippen molar-refractivity contribution in [3.8, 4) is 0 Å². The van der Waals surface area contributed by atoms with Crippen LogP contribution >= 0.6 is 24.0 Å². The van der Waals surface area contributed by atoms with E-state index < -0.39 is 0 Å². The lowest BCUT2D eigenvalue weighted by molar-refractivity contribution is -0.121. The molecule has 0 aliphatic carbocycles. The highest BCUT2D eigenvalue weighted by Crippen LogP contribution is 2.34. The van der Waals surface area contributed by atoms with Crippen LogP contribution in [0.2, 0.25) is 0 Å². The first kappa shape index (κ1) is 16.7. The molecule has 0 bridgehead atoms. The topological polar surface area (TPSA) is 58.4 Å². The van der Waals surface area contributed by atoms with Crippen LogP contribution in [-0.2, 0) is 4.79 Å². The Labute approximate surface area is 125 Å². The first-order chi connectivity index (χ1) is 8.89. The number of piperidine rings is 1. The number of carbonyl (C=O) groups excluding carboxylic acids is 1. The normalized spacial score (nSPS) is 19.4. The second kappa shape index (κ2) is 7.45. The molecule has 6 heteroatoms. The lowest BCUT2D eigenvalue weighted by atomic mass is 9.95. The van der Waals surface area contributed by atoms with Crippen molar-refractivity contribution in [2.75, 3.05) is 25.9 Å². The van der Waals surface area contributed by atoms with Crippen molar-refractivity contribution in [3.63, 3.8) is 0 Å². The molecule has 0 saturated carbocycles. The summed E-state index contributed by atoms with van der Waals surface area (Å²) in [6.45, 7) is 6.71. The van der Waals surface area contributed by atoms with Crippen molar-refractivity contribution >= 4 is 34.9 Å². The fourth-order valence-electron chi connectivity index (χ4n) is 2.34. The van der Waals surface area contributed by atoms with E-state index in [-0.39, 0.29) is 16.7 Å². The number of hydrogen-bond acceptors (Lipinski definition) is 4. The Balaban J connectivity index is 2.34. The highest BCUT2D eigenvalue weighted by molar-refractivity contribution is 8.02. The number of nitrogens with two attached hydrogens (primary N) is 1. The maximum Gasteiger partial charge on any atom is 0.221 e. The quantitative estimate of drug-likeness (QED) is 0.726. The first-order valence-electron chi connectivity index (χ1n) is 6.76. The molecule has 0 aromatic carbocycles. The molecule has 1 aliphatic heterocycles. The van der Waals surface area contributed by atoms with Gasteiger partial charge in [0.25, 0.3) is 0 Å². The van der Waals surface area contributed by atoms with E-state index in [1.807, 2.05) is 13.8 Å². The van der Waals surface area contributed by atoms with Crippen LogP contribution in [0.5, 0.6) is 0 Å². The fourth-order valence-corrected chi connectivity index (χ4v) is 3.59. The summed E-state index contributed by atoms with van der Waals surface area (Å²) in [5.74, 6) is 0.131. The van der Waals surface area contributed by atoms with Crippen LogP contribution in [-0.4, -0.2) is 52.5 Å². The number of likely N-dealkylation sites (tertiary alicyclic amines) is 1. The van der Waals surface area contributed by atoms with Gasteiger partial charge in [-0.25, -0.2) is 0 Å². The minimum atomic E-state index is -0.0357. The van der Waals surface area contributed by atoms with Gasteiger partial charge in [-0.3, -0.25) is 4.79 Å². The van der Waals surface area contributed by atoms with E-state index in [0.29, 0.717) is 11.4 Å². The molecule has 3 N–H and O–H groups in total. The summed E-state index contributed by atoms with van der Waals surface area (Å²) in [5, 5.41) is 2.92. The first-order valence-corrected chi connectivity index (χ1v) is 8.40. The largest absolute Gasteiger partial charge is 0.392 e. The van der Waals surface area contributed by atoms with Crippen LogP contribution in [0.3, 0.4) is 0 Å². The predicted octanol–water partition coefficient (Wildman–Crippen LogP) is 1.38. The molecule has 0 spiro atoms. The average Bonchev–Trinajstić information content (AvgIpc) is 2.36. The van der Waals surface area contributed by atoms with Gasteiger partial charge in [0.05, 0.1) is 9.74 Å².